The molecule has 0 spiro atoms. The van der Waals surface area contributed by atoms with Crippen LogP contribution in [0.3, 0.4) is 0 Å². The molecule has 1 amide bonds. The highest BCUT2D eigenvalue weighted by Crippen LogP contribution is 2.10. The third kappa shape index (κ3) is 5.25. The summed E-state index contributed by atoms with van der Waals surface area (Å²) in [6, 6.07) is 5.72. The molecule has 1 atom stereocenters. The third-order valence-electron chi connectivity index (χ3n) is 2.32. The van der Waals surface area contributed by atoms with Gasteiger partial charge >= 0.3 is 5.97 Å². The van der Waals surface area contributed by atoms with Gasteiger partial charge in [-0.15, -0.1) is 0 Å². The summed E-state index contributed by atoms with van der Waals surface area (Å²) in [7, 11) is 0. The maximum atomic E-state index is 11.5. The number of rotatable bonds is 5. The van der Waals surface area contributed by atoms with Crippen molar-refractivity contribution in [3.8, 4) is 5.75 Å². The number of benzene rings is 1. The van der Waals surface area contributed by atoms with E-state index in [0.29, 0.717) is 0 Å². The molecule has 0 bridgehead atoms. The molecule has 1 unspecified atom stereocenters. The van der Waals surface area contributed by atoms with Crippen LogP contribution in [0, 0.1) is 0 Å². The van der Waals surface area contributed by atoms with Crippen molar-refractivity contribution in [1.82, 2.24) is 5.32 Å². The largest absolute Gasteiger partial charge is 0.508 e. The van der Waals surface area contributed by atoms with E-state index in [1.807, 2.05) is 0 Å². The molecule has 19 heavy (non-hydrogen) atoms. The van der Waals surface area contributed by atoms with E-state index >= 15 is 0 Å². The maximum Gasteiger partial charge on any atom is 0.328 e. The van der Waals surface area contributed by atoms with Crippen molar-refractivity contribution >= 4 is 18.0 Å². The van der Waals surface area contributed by atoms with Crippen LogP contribution in [0.1, 0.15) is 19.4 Å². The van der Waals surface area contributed by atoms with Gasteiger partial charge in [-0.05, 0) is 37.6 Å². The van der Waals surface area contributed by atoms with E-state index in [-0.39, 0.29) is 18.3 Å². The van der Waals surface area contributed by atoms with Crippen molar-refractivity contribution in [1.29, 1.82) is 0 Å². The number of carbonyl (C=O) groups excluding carboxylic acids is 2. The van der Waals surface area contributed by atoms with E-state index in [4.69, 9.17) is 9.84 Å². The lowest BCUT2D eigenvalue weighted by atomic mass is 10.2. The Morgan fingerprint density at radius 2 is 2.00 bits per heavy atom. The number of hydrogen-bond acceptors (Lipinski definition) is 4. The number of esters is 1. The minimum atomic E-state index is -0.683. The second-order valence-electron chi connectivity index (χ2n) is 3.91. The average Bonchev–Trinajstić information content (AvgIpc) is 2.38. The molecule has 0 aromatic heterocycles. The number of aromatic hydroxyl groups is 1. The lowest BCUT2D eigenvalue weighted by Crippen LogP contribution is -2.38. The van der Waals surface area contributed by atoms with E-state index in [0.717, 1.165) is 5.56 Å². The molecule has 0 aliphatic heterocycles. The Morgan fingerprint density at radius 3 is 2.58 bits per heavy atom. The molecule has 1 rings (SSSR count). The predicted molar refractivity (Wildman–Crippen MR) is 71.4 cm³/mol. The predicted octanol–water partition coefficient (Wildman–Crippen LogP) is 1.47. The number of carbonyl (C=O) groups is 2. The Labute approximate surface area is 111 Å². The summed E-state index contributed by atoms with van der Waals surface area (Å²) in [5.74, 6) is -0.681. The molecule has 0 heterocycles. The highest BCUT2D eigenvalue weighted by molar-refractivity contribution is 5.94. The van der Waals surface area contributed by atoms with Gasteiger partial charge in [0.25, 0.3) is 0 Å². The third-order valence-corrected chi connectivity index (χ3v) is 2.32. The second-order valence-corrected chi connectivity index (χ2v) is 3.91. The number of amides is 1. The quantitative estimate of drug-likeness (QED) is 0.623. The molecule has 0 fully saturated rings. The molecule has 1 aromatic carbocycles. The van der Waals surface area contributed by atoms with Crippen molar-refractivity contribution in [3.05, 3.63) is 35.9 Å². The van der Waals surface area contributed by atoms with Gasteiger partial charge in [-0.2, -0.15) is 0 Å². The Bertz CT molecular complexity index is 465. The Balaban J connectivity index is 2.51. The molecule has 5 heteroatoms. The molecule has 0 aliphatic rings. The summed E-state index contributed by atoms with van der Waals surface area (Å²) >= 11 is 0. The van der Waals surface area contributed by atoms with Gasteiger partial charge in [-0.3, -0.25) is 4.79 Å². The van der Waals surface area contributed by atoms with Crippen LogP contribution in [0.5, 0.6) is 5.75 Å². The molecule has 1 aromatic rings. The number of nitrogens with one attached hydrogen (secondary N) is 1. The smallest absolute Gasteiger partial charge is 0.328 e. The minimum absolute atomic E-state index is 0.164. The summed E-state index contributed by atoms with van der Waals surface area (Å²) in [5, 5.41) is 11.6. The summed E-state index contributed by atoms with van der Waals surface area (Å²) in [4.78, 5) is 22.8. The van der Waals surface area contributed by atoms with Crippen LogP contribution in [0.4, 0.5) is 0 Å². The molecule has 0 aliphatic carbocycles. The Morgan fingerprint density at radius 1 is 1.37 bits per heavy atom. The fourth-order valence-electron chi connectivity index (χ4n) is 1.35. The fraction of sp³-hybridized carbons (Fsp3) is 0.286. The summed E-state index contributed by atoms with van der Waals surface area (Å²) in [6.45, 7) is 3.55. The Kier molecular flexibility index (Phi) is 5.60. The van der Waals surface area contributed by atoms with Crippen LogP contribution >= 0.6 is 0 Å². The molecule has 2 N–H and O–H groups in total. The van der Waals surface area contributed by atoms with Crippen LogP contribution < -0.4 is 5.32 Å². The first-order valence-corrected chi connectivity index (χ1v) is 5.97. The standard InChI is InChI=1S/C14H17NO4/c1-3-19-14(18)10(2)15-13(17)9-6-11-4-7-12(16)8-5-11/h4-10,16H,3H2,1-2H3,(H,15,17)/b9-6+. The first-order chi connectivity index (χ1) is 9.02. The summed E-state index contributed by atoms with van der Waals surface area (Å²) in [6.07, 6.45) is 2.91. The van der Waals surface area contributed by atoms with Gasteiger partial charge in [-0.25, -0.2) is 4.79 Å². The maximum absolute atomic E-state index is 11.5. The lowest BCUT2D eigenvalue weighted by molar-refractivity contribution is -0.146. The van der Waals surface area contributed by atoms with Crippen LogP contribution in [0.15, 0.2) is 30.3 Å². The number of ether oxygens (including phenoxy) is 1. The second kappa shape index (κ2) is 7.20. The lowest BCUT2D eigenvalue weighted by Gasteiger charge is -2.10. The van der Waals surface area contributed by atoms with Gasteiger partial charge in [0.05, 0.1) is 6.61 Å². The van der Waals surface area contributed by atoms with Crippen LogP contribution in [0.25, 0.3) is 6.08 Å². The minimum Gasteiger partial charge on any atom is -0.508 e. The van der Waals surface area contributed by atoms with Gasteiger partial charge in [-0.1, -0.05) is 12.1 Å². The van der Waals surface area contributed by atoms with Crippen LogP contribution in [0.2, 0.25) is 0 Å². The molecule has 102 valence electrons. The van der Waals surface area contributed by atoms with Crippen LogP contribution in [-0.4, -0.2) is 29.6 Å². The number of phenols is 1. The van der Waals surface area contributed by atoms with Gasteiger partial charge < -0.3 is 15.2 Å². The average molecular weight is 263 g/mol. The number of hydrogen-bond donors (Lipinski definition) is 2. The van der Waals surface area contributed by atoms with E-state index in [1.54, 1.807) is 32.1 Å². The SMILES string of the molecule is CCOC(=O)C(C)NC(=O)/C=C/c1ccc(O)cc1. The zero-order valence-electron chi connectivity index (χ0n) is 10.9. The van der Waals surface area contributed by atoms with E-state index in [9.17, 15) is 9.59 Å². The zero-order valence-corrected chi connectivity index (χ0v) is 10.9. The highest BCUT2D eigenvalue weighted by Gasteiger charge is 2.14. The van der Waals surface area contributed by atoms with Gasteiger partial charge in [0.1, 0.15) is 11.8 Å². The molecule has 0 saturated carbocycles. The zero-order chi connectivity index (χ0) is 14.3. The van der Waals surface area contributed by atoms with Crippen molar-refractivity contribution in [2.45, 2.75) is 19.9 Å². The van der Waals surface area contributed by atoms with Gasteiger partial charge in [0.15, 0.2) is 0 Å². The van der Waals surface area contributed by atoms with Crippen molar-refractivity contribution in [2.24, 2.45) is 0 Å². The van der Waals surface area contributed by atoms with Crippen molar-refractivity contribution in [2.75, 3.05) is 6.61 Å². The van der Waals surface area contributed by atoms with Gasteiger partial charge in [0, 0.05) is 6.08 Å². The summed E-state index contributed by atoms with van der Waals surface area (Å²) in [5.41, 5.74) is 0.775. The fourth-order valence-corrected chi connectivity index (χ4v) is 1.35. The molecule has 5 nitrogen and oxygen atoms in total. The van der Waals surface area contributed by atoms with E-state index < -0.39 is 12.0 Å². The van der Waals surface area contributed by atoms with Crippen molar-refractivity contribution < 1.29 is 19.4 Å². The van der Waals surface area contributed by atoms with E-state index in [2.05, 4.69) is 5.32 Å². The Hall–Kier alpha value is -2.30. The van der Waals surface area contributed by atoms with Crippen molar-refractivity contribution in [3.63, 3.8) is 0 Å². The topological polar surface area (TPSA) is 75.6 Å². The molecular weight excluding hydrogens is 246 g/mol. The van der Waals surface area contributed by atoms with Gasteiger partial charge in [0.2, 0.25) is 5.91 Å². The summed E-state index contributed by atoms with van der Waals surface area (Å²) < 4.78 is 4.77. The monoisotopic (exact) mass is 263 g/mol. The highest BCUT2D eigenvalue weighted by atomic mass is 16.5. The molecular formula is C14H17NO4. The first kappa shape index (κ1) is 14.8. The number of phenolic OH excluding ortho intramolecular Hbond substituents is 1. The molecule has 0 saturated heterocycles. The van der Waals surface area contributed by atoms with Crippen LogP contribution in [-0.2, 0) is 14.3 Å². The first-order valence-electron chi connectivity index (χ1n) is 5.97. The normalized spacial score (nSPS) is 12.1. The molecule has 0 radical (unpaired) electrons. The van der Waals surface area contributed by atoms with E-state index in [1.165, 1.54) is 18.2 Å².